The molecule has 1 aromatic heterocycles. The number of rotatable bonds is 5. The number of fused-ring (bicyclic) bond motifs is 1. The van der Waals surface area contributed by atoms with E-state index in [1.54, 1.807) is 0 Å². The standard InChI is InChI=1S/C21H23N3O6/c1-21(2,3)20-22-16(30-23-20)11-29-19(27)12-6-7-14-15(9-12)18(26)24(17(14)25)10-13-5-4-8-28-13/h6-7,9,13H,4-5,8,10-11H2,1-3H3. The lowest BCUT2D eigenvalue weighted by atomic mass is 9.96. The fourth-order valence-corrected chi connectivity index (χ4v) is 3.40. The van der Waals surface area contributed by atoms with Crippen LogP contribution < -0.4 is 0 Å². The van der Waals surface area contributed by atoms with E-state index in [-0.39, 0.29) is 53.2 Å². The predicted molar refractivity (Wildman–Crippen MR) is 103 cm³/mol. The summed E-state index contributed by atoms with van der Waals surface area (Å²) >= 11 is 0. The number of hydrogen-bond donors (Lipinski definition) is 0. The number of benzene rings is 1. The molecule has 3 heterocycles. The highest BCUT2D eigenvalue weighted by molar-refractivity contribution is 6.22. The van der Waals surface area contributed by atoms with E-state index in [1.165, 1.54) is 23.1 Å². The highest BCUT2D eigenvalue weighted by Gasteiger charge is 2.38. The quantitative estimate of drug-likeness (QED) is 0.543. The Morgan fingerprint density at radius 1 is 1.23 bits per heavy atom. The molecule has 1 saturated heterocycles. The van der Waals surface area contributed by atoms with Gasteiger partial charge in [-0.05, 0) is 31.0 Å². The van der Waals surface area contributed by atoms with Gasteiger partial charge in [-0.2, -0.15) is 4.98 Å². The van der Waals surface area contributed by atoms with Crippen molar-refractivity contribution < 1.29 is 28.4 Å². The van der Waals surface area contributed by atoms with Gasteiger partial charge in [0.2, 0.25) is 0 Å². The van der Waals surface area contributed by atoms with E-state index in [4.69, 9.17) is 14.0 Å². The molecular weight excluding hydrogens is 390 g/mol. The maximum absolute atomic E-state index is 12.7. The van der Waals surface area contributed by atoms with E-state index < -0.39 is 11.9 Å². The van der Waals surface area contributed by atoms with E-state index in [0.29, 0.717) is 12.4 Å². The van der Waals surface area contributed by atoms with E-state index in [2.05, 4.69) is 10.1 Å². The Balaban J connectivity index is 1.43. The van der Waals surface area contributed by atoms with Gasteiger partial charge in [-0.15, -0.1) is 0 Å². The molecule has 0 aliphatic carbocycles. The van der Waals surface area contributed by atoms with Gasteiger partial charge in [-0.1, -0.05) is 25.9 Å². The molecule has 0 spiro atoms. The van der Waals surface area contributed by atoms with Gasteiger partial charge in [-0.25, -0.2) is 4.79 Å². The second kappa shape index (κ2) is 7.64. The van der Waals surface area contributed by atoms with Crippen LogP contribution in [-0.2, 0) is 21.5 Å². The van der Waals surface area contributed by atoms with Crippen molar-refractivity contribution in [3.63, 3.8) is 0 Å². The monoisotopic (exact) mass is 413 g/mol. The Labute approximate surface area is 173 Å². The highest BCUT2D eigenvalue weighted by Crippen LogP contribution is 2.26. The number of ether oxygens (including phenoxy) is 2. The third kappa shape index (κ3) is 3.85. The van der Waals surface area contributed by atoms with E-state index in [1.807, 2.05) is 20.8 Å². The first-order chi connectivity index (χ1) is 14.2. The lowest BCUT2D eigenvalue weighted by molar-refractivity contribution is 0.0429. The third-order valence-corrected chi connectivity index (χ3v) is 5.08. The van der Waals surface area contributed by atoms with Crippen LogP contribution >= 0.6 is 0 Å². The zero-order valence-electron chi connectivity index (χ0n) is 17.1. The fraction of sp³-hybridized carbons (Fsp3) is 0.476. The van der Waals surface area contributed by atoms with Crippen molar-refractivity contribution in [3.05, 3.63) is 46.6 Å². The Bertz CT molecular complexity index is 1000. The van der Waals surface area contributed by atoms with Crippen molar-refractivity contribution in [2.24, 2.45) is 0 Å². The van der Waals surface area contributed by atoms with Crippen molar-refractivity contribution >= 4 is 17.8 Å². The normalized spacial score (nSPS) is 18.8. The van der Waals surface area contributed by atoms with Gasteiger partial charge in [0.05, 0.1) is 29.3 Å². The molecule has 9 heteroatoms. The number of imide groups is 1. The summed E-state index contributed by atoms with van der Waals surface area (Å²) in [5.41, 5.74) is 0.361. The number of nitrogens with zero attached hydrogens (tertiary/aromatic N) is 3. The molecule has 0 saturated carbocycles. The molecule has 1 unspecified atom stereocenters. The molecule has 1 aromatic carbocycles. The summed E-state index contributed by atoms with van der Waals surface area (Å²) in [6, 6.07) is 4.34. The molecule has 1 fully saturated rings. The smallest absolute Gasteiger partial charge is 0.338 e. The van der Waals surface area contributed by atoms with Crippen LogP contribution in [0, 0.1) is 0 Å². The van der Waals surface area contributed by atoms with Crippen LogP contribution in [0.2, 0.25) is 0 Å². The SMILES string of the molecule is CC(C)(C)c1noc(COC(=O)c2ccc3c(c2)C(=O)N(CC2CCCO2)C3=O)n1. The molecule has 9 nitrogen and oxygen atoms in total. The number of aromatic nitrogens is 2. The topological polar surface area (TPSA) is 112 Å². The van der Waals surface area contributed by atoms with Crippen LogP contribution in [0.5, 0.6) is 0 Å². The van der Waals surface area contributed by atoms with Crippen molar-refractivity contribution in [2.75, 3.05) is 13.2 Å². The number of carbonyl (C=O) groups excluding carboxylic acids is 3. The summed E-state index contributed by atoms with van der Waals surface area (Å²) in [5, 5.41) is 3.88. The van der Waals surface area contributed by atoms with E-state index in [9.17, 15) is 14.4 Å². The largest absolute Gasteiger partial charge is 0.452 e. The van der Waals surface area contributed by atoms with Crippen LogP contribution in [0.15, 0.2) is 22.7 Å². The molecule has 2 amide bonds. The van der Waals surface area contributed by atoms with Gasteiger partial charge in [0.15, 0.2) is 12.4 Å². The van der Waals surface area contributed by atoms with Crippen LogP contribution in [0.25, 0.3) is 0 Å². The molecular formula is C21H23N3O6. The average Bonchev–Trinajstić information content (AvgIpc) is 3.44. The molecule has 4 rings (SSSR count). The summed E-state index contributed by atoms with van der Waals surface area (Å²) < 4.78 is 15.9. The summed E-state index contributed by atoms with van der Waals surface area (Å²) in [7, 11) is 0. The average molecular weight is 413 g/mol. The van der Waals surface area contributed by atoms with Gasteiger partial charge in [-0.3, -0.25) is 14.5 Å². The molecule has 0 bridgehead atoms. The van der Waals surface area contributed by atoms with Crippen molar-refractivity contribution in [2.45, 2.75) is 51.7 Å². The number of carbonyl (C=O) groups is 3. The van der Waals surface area contributed by atoms with Crippen molar-refractivity contribution in [1.29, 1.82) is 0 Å². The van der Waals surface area contributed by atoms with Crippen LogP contribution in [0.1, 0.15) is 76.4 Å². The second-order valence-corrected chi connectivity index (χ2v) is 8.45. The first-order valence-corrected chi connectivity index (χ1v) is 9.86. The minimum absolute atomic E-state index is 0.135. The van der Waals surface area contributed by atoms with Crippen molar-refractivity contribution in [1.82, 2.24) is 15.0 Å². The third-order valence-electron chi connectivity index (χ3n) is 5.08. The minimum atomic E-state index is -0.647. The van der Waals surface area contributed by atoms with Gasteiger partial charge in [0, 0.05) is 12.0 Å². The molecule has 1 atom stereocenters. The maximum atomic E-state index is 12.7. The van der Waals surface area contributed by atoms with Gasteiger partial charge in [0.1, 0.15) is 0 Å². The number of esters is 1. The summed E-state index contributed by atoms with van der Waals surface area (Å²) in [6.07, 6.45) is 1.60. The van der Waals surface area contributed by atoms with E-state index in [0.717, 1.165) is 12.8 Å². The lowest BCUT2D eigenvalue weighted by Gasteiger charge is -2.17. The predicted octanol–water partition coefficient (Wildman–Crippen LogP) is 2.50. The maximum Gasteiger partial charge on any atom is 0.338 e. The van der Waals surface area contributed by atoms with Gasteiger partial charge >= 0.3 is 5.97 Å². The molecule has 158 valence electrons. The Kier molecular flexibility index (Phi) is 5.15. The molecule has 30 heavy (non-hydrogen) atoms. The van der Waals surface area contributed by atoms with Gasteiger partial charge < -0.3 is 14.0 Å². The Hall–Kier alpha value is -3.07. The summed E-state index contributed by atoms with van der Waals surface area (Å²) in [6.45, 7) is 6.51. The van der Waals surface area contributed by atoms with Gasteiger partial charge in [0.25, 0.3) is 17.7 Å². The molecule has 0 N–H and O–H groups in total. The molecule has 2 aliphatic heterocycles. The van der Waals surface area contributed by atoms with E-state index >= 15 is 0 Å². The van der Waals surface area contributed by atoms with Crippen LogP contribution in [-0.4, -0.2) is 52.1 Å². The molecule has 2 aromatic rings. The minimum Gasteiger partial charge on any atom is -0.452 e. The van der Waals surface area contributed by atoms with Crippen molar-refractivity contribution in [3.8, 4) is 0 Å². The number of hydrogen-bond acceptors (Lipinski definition) is 8. The summed E-state index contributed by atoms with van der Waals surface area (Å²) in [5.74, 6) is -0.742. The highest BCUT2D eigenvalue weighted by atomic mass is 16.6. The Morgan fingerprint density at radius 3 is 2.67 bits per heavy atom. The lowest BCUT2D eigenvalue weighted by Crippen LogP contribution is -2.36. The number of amides is 2. The Morgan fingerprint density at radius 2 is 2.00 bits per heavy atom. The second-order valence-electron chi connectivity index (χ2n) is 8.45. The molecule has 2 aliphatic rings. The van der Waals surface area contributed by atoms with Crippen LogP contribution in [0.3, 0.4) is 0 Å². The summed E-state index contributed by atoms with van der Waals surface area (Å²) in [4.78, 5) is 43.1. The first kappa shape index (κ1) is 20.2. The zero-order valence-corrected chi connectivity index (χ0v) is 17.1. The first-order valence-electron chi connectivity index (χ1n) is 9.86. The van der Waals surface area contributed by atoms with Crippen LogP contribution in [0.4, 0.5) is 0 Å². The zero-order chi connectivity index (χ0) is 21.5. The molecule has 0 radical (unpaired) electrons. The fourth-order valence-electron chi connectivity index (χ4n) is 3.40.